The van der Waals surface area contributed by atoms with Crippen molar-refractivity contribution < 1.29 is 8.42 Å². The van der Waals surface area contributed by atoms with Crippen LogP contribution in [0.1, 0.15) is 6.92 Å². The molecular weight excluding hydrogens is 124 g/mol. The molecule has 0 amide bonds. The largest absolute Gasteiger partial charge is 0.228 e. The minimum Gasteiger partial charge on any atom is -0.228 e. The van der Waals surface area contributed by atoms with Gasteiger partial charge in [-0.15, -0.1) is 0 Å². The molecule has 1 heterocycles. The molecule has 0 saturated carbocycles. The number of hydrogen-bond donors (Lipinski definition) is 0. The molecule has 46 valence electrons. The van der Waals surface area contributed by atoms with Crippen LogP contribution in [0.25, 0.3) is 0 Å². The fraction of sp³-hybridized carbons (Fsp3) is 0.600. The van der Waals surface area contributed by atoms with Gasteiger partial charge >= 0.3 is 0 Å². The molecular formula is C5H8O2S. The van der Waals surface area contributed by atoms with E-state index in [1.807, 2.05) is 6.92 Å². The van der Waals surface area contributed by atoms with Crippen molar-refractivity contribution in [3.8, 4) is 0 Å². The molecule has 0 atom stereocenters. The number of rotatable bonds is 0. The molecule has 2 nitrogen and oxygen atoms in total. The molecule has 0 N–H and O–H groups in total. The molecule has 8 heavy (non-hydrogen) atoms. The van der Waals surface area contributed by atoms with Crippen LogP contribution in [0.4, 0.5) is 0 Å². The van der Waals surface area contributed by atoms with E-state index in [1.54, 1.807) is 6.08 Å². The maximum Gasteiger partial charge on any atom is 0.157 e. The Labute approximate surface area is 49.1 Å². The van der Waals surface area contributed by atoms with E-state index in [9.17, 15) is 8.42 Å². The first-order chi connectivity index (χ1) is 3.60. The average molecular weight is 132 g/mol. The van der Waals surface area contributed by atoms with Gasteiger partial charge in [0.25, 0.3) is 0 Å². The first-order valence-corrected chi connectivity index (χ1v) is 4.28. The van der Waals surface area contributed by atoms with Crippen LogP contribution in [0.2, 0.25) is 0 Å². The second kappa shape index (κ2) is 1.58. The quantitative estimate of drug-likeness (QED) is 0.446. The second-order valence-electron chi connectivity index (χ2n) is 2.11. The van der Waals surface area contributed by atoms with E-state index >= 15 is 0 Å². The summed E-state index contributed by atoms with van der Waals surface area (Å²) >= 11 is 0. The zero-order valence-electron chi connectivity index (χ0n) is 4.72. The zero-order valence-corrected chi connectivity index (χ0v) is 5.53. The molecule has 0 bridgehead atoms. The predicted molar refractivity (Wildman–Crippen MR) is 32.4 cm³/mol. The van der Waals surface area contributed by atoms with Crippen LogP contribution in [0.5, 0.6) is 0 Å². The summed E-state index contributed by atoms with van der Waals surface area (Å²) in [7, 11) is -2.69. The van der Waals surface area contributed by atoms with E-state index in [4.69, 9.17) is 0 Å². The van der Waals surface area contributed by atoms with Gasteiger partial charge in [-0.1, -0.05) is 11.6 Å². The molecule has 0 fully saturated rings. The summed E-state index contributed by atoms with van der Waals surface area (Å²) in [5.41, 5.74) is 0.977. The molecule has 0 aromatic heterocycles. The summed E-state index contributed by atoms with van der Waals surface area (Å²) in [5.74, 6) is 0.520. The Morgan fingerprint density at radius 3 is 2.38 bits per heavy atom. The topological polar surface area (TPSA) is 34.1 Å². The van der Waals surface area contributed by atoms with Gasteiger partial charge in [-0.25, -0.2) is 8.42 Å². The fourth-order valence-electron chi connectivity index (χ4n) is 0.734. The Morgan fingerprint density at radius 2 is 2.25 bits per heavy atom. The summed E-state index contributed by atoms with van der Waals surface area (Å²) in [5, 5.41) is 0. The molecule has 0 saturated heterocycles. The number of sulfone groups is 1. The summed E-state index contributed by atoms with van der Waals surface area (Å²) in [4.78, 5) is 0. The lowest BCUT2D eigenvalue weighted by molar-refractivity contribution is 0.603. The van der Waals surface area contributed by atoms with Crippen molar-refractivity contribution in [2.75, 3.05) is 11.5 Å². The van der Waals surface area contributed by atoms with Crippen LogP contribution in [-0.2, 0) is 9.84 Å². The summed E-state index contributed by atoms with van der Waals surface area (Å²) in [6.07, 6.45) is 1.76. The van der Waals surface area contributed by atoms with E-state index in [0.29, 0.717) is 0 Å². The second-order valence-corrected chi connectivity index (χ2v) is 4.21. The summed E-state index contributed by atoms with van der Waals surface area (Å²) in [6.45, 7) is 1.84. The summed E-state index contributed by atoms with van der Waals surface area (Å²) < 4.78 is 21.2. The Bertz CT molecular complexity index is 211. The molecule has 0 aromatic carbocycles. The van der Waals surface area contributed by atoms with Gasteiger partial charge in [-0.2, -0.15) is 0 Å². The van der Waals surface area contributed by atoms with Crippen LogP contribution in [0.3, 0.4) is 0 Å². The maximum atomic E-state index is 10.6. The monoisotopic (exact) mass is 132 g/mol. The SMILES string of the molecule is CC1=CCS(=O)(=O)C1. The number of hydrogen-bond acceptors (Lipinski definition) is 2. The lowest BCUT2D eigenvalue weighted by atomic mass is 10.3. The third kappa shape index (κ3) is 1.10. The maximum absolute atomic E-state index is 10.6. The van der Waals surface area contributed by atoms with Crippen molar-refractivity contribution in [3.63, 3.8) is 0 Å². The van der Waals surface area contributed by atoms with Crippen molar-refractivity contribution in [1.82, 2.24) is 0 Å². The Balaban J connectivity index is 2.85. The van der Waals surface area contributed by atoms with Gasteiger partial charge in [-0.3, -0.25) is 0 Å². The van der Waals surface area contributed by atoms with E-state index in [-0.39, 0.29) is 11.5 Å². The van der Waals surface area contributed by atoms with Gasteiger partial charge in [-0.05, 0) is 6.92 Å². The van der Waals surface area contributed by atoms with Gasteiger partial charge in [0.05, 0.1) is 11.5 Å². The van der Waals surface area contributed by atoms with Gasteiger partial charge in [0.15, 0.2) is 9.84 Å². The van der Waals surface area contributed by atoms with Crippen molar-refractivity contribution >= 4 is 9.84 Å². The smallest absolute Gasteiger partial charge is 0.157 e. The van der Waals surface area contributed by atoms with Crippen LogP contribution in [0.15, 0.2) is 11.6 Å². The highest BCUT2D eigenvalue weighted by molar-refractivity contribution is 7.92. The highest BCUT2D eigenvalue weighted by Crippen LogP contribution is 2.08. The molecule has 0 spiro atoms. The Kier molecular flexibility index (Phi) is 1.15. The lowest BCUT2D eigenvalue weighted by Gasteiger charge is -1.86. The predicted octanol–water partition coefficient (Wildman–Crippen LogP) is 0.361. The van der Waals surface area contributed by atoms with Gasteiger partial charge in [0, 0.05) is 0 Å². The molecule has 1 rings (SSSR count). The third-order valence-corrected chi connectivity index (χ3v) is 2.70. The molecule has 0 radical (unpaired) electrons. The van der Waals surface area contributed by atoms with Crippen LogP contribution >= 0.6 is 0 Å². The minimum absolute atomic E-state index is 0.249. The fourth-order valence-corrected chi connectivity index (χ4v) is 2.20. The highest BCUT2D eigenvalue weighted by Gasteiger charge is 2.15. The first-order valence-electron chi connectivity index (χ1n) is 2.46. The normalized spacial score (nSPS) is 25.4. The molecule has 0 aliphatic carbocycles. The van der Waals surface area contributed by atoms with Crippen molar-refractivity contribution in [1.29, 1.82) is 0 Å². The van der Waals surface area contributed by atoms with Crippen LogP contribution in [0, 0.1) is 0 Å². The summed E-state index contributed by atoms with van der Waals surface area (Å²) in [6, 6.07) is 0. The van der Waals surface area contributed by atoms with Crippen LogP contribution < -0.4 is 0 Å². The molecule has 0 unspecified atom stereocenters. The van der Waals surface area contributed by atoms with E-state index in [0.717, 1.165) is 5.57 Å². The third-order valence-electron chi connectivity index (χ3n) is 1.13. The average Bonchev–Trinajstić information content (AvgIpc) is 1.82. The van der Waals surface area contributed by atoms with Gasteiger partial charge < -0.3 is 0 Å². The van der Waals surface area contributed by atoms with E-state index in [2.05, 4.69) is 0 Å². The molecule has 0 aromatic rings. The highest BCUT2D eigenvalue weighted by atomic mass is 32.2. The lowest BCUT2D eigenvalue weighted by Crippen LogP contribution is -2.01. The van der Waals surface area contributed by atoms with Crippen molar-refractivity contribution in [2.45, 2.75) is 6.92 Å². The standard InChI is InChI=1S/C5H8O2S/c1-5-2-3-8(6,7)4-5/h2H,3-4H2,1H3. The Hall–Kier alpha value is -0.310. The van der Waals surface area contributed by atoms with E-state index < -0.39 is 9.84 Å². The van der Waals surface area contributed by atoms with Crippen molar-refractivity contribution in [2.24, 2.45) is 0 Å². The molecule has 1 aliphatic rings. The van der Waals surface area contributed by atoms with E-state index in [1.165, 1.54) is 0 Å². The zero-order chi connectivity index (χ0) is 6.20. The minimum atomic E-state index is -2.69. The van der Waals surface area contributed by atoms with Gasteiger partial charge in [0.2, 0.25) is 0 Å². The first kappa shape index (κ1) is 5.82. The molecule has 3 heteroatoms. The van der Waals surface area contributed by atoms with Crippen LogP contribution in [-0.4, -0.2) is 19.9 Å². The van der Waals surface area contributed by atoms with Gasteiger partial charge in [0.1, 0.15) is 0 Å². The van der Waals surface area contributed by atoms with Crippen molar-refractivity contribution in [3.05, 3.63) is 11.6 Å². The Morgan fingerprint density at radius 1 is 1.62 bits per heavy atom. The molecule has 1 aliphatic heterocycles.